The maximum atomic E-state index is 12.8. The van der Waals surface area contributed by atoms with E-state index in [2.05, 4.69) is 86.8 Å². The van der Waals surface area contributed by atoms with E-state index >= 15 is 0 Å². The first-order valence-corrected chi connectivity index (χ1v) is 37.1. The Morgan fingerprint density at radius 3 is 1.01 bits per heavy atom. The normalized spacial score (nSPS) is 13.5. The summed E-state index contributed by atoms with van der Waals surface area (Å²) in [5, 5.41) is 0. The van der Waals surface area contributed by atoms with Crippen LogP contribution in [0.15, 0.2) is 72.9 Å². The molecule has 0 saturated carbocycles. The van der Waals surface area contributed by atoms with Gasteiger partial charge >= 0.3 is 11.9 Å². The van der Waals surface area contributed by atoms with E-state index in [9.17, 15) is 19.0 Å². The number of esters is 2. The van der Waals surface area contributed by atoms with Gasteiger partial charge in [-0.2, -0.15) is 0 Å². The maximum Gasteiger partial charge on any atom is 0.306 e. The zero-order chi connectivity index (χ0) is 61.2. The van der Waals surface area contributed by atoms with Crippen LogP contribution in [0.25, 0.3) is 0 Å². The molecule has 84 heavy (non-hydrogen) atoms. The first-order chi connectivity index (χ1) is 41.0. The van der Waals surface area contributed by atoms with Crippen LogP contribution in [0.5, 0.6) is 0 Å². The van der Waals surface area contributed by atoms with Crippen molar-refractivity contribution >= 4 is 19.8 Å². The molecule has 0 bridgehead atoms. The molecule has 0 aliphatic heterocycles. The highest BCUT2D eigenvalue weighted by atomic mass is 31.2. The Morgan fingerprint density at radius 2 is 0.679 bits per heavy atom. The van der Waals surface area contributed by atoms with Crippen LogP contribution in [0, 0.1) is 0 Å². The predicted octanol–water partition coefficient (Wildman–Crippen LogP) is 22.5. The average molecular weight is 1200 g/mol. The molecule has 9 nitrogen and oxygen atoms in total. The molecule has 0 aromatic rings. The number of phosphoric ester groups is 1. The molecular weight excluding hydrogens is 1060 g/mol. The number of allylic oxidation sites excluding steroid dienone is 12. The minimum absolute atomic E-state index is 0.0381. The Kier molecular flexibility index (Phi) is 62.9. The summed E-state index contributed by atoms with van der Waals surface area (Å²) in [6.45, 7) is 4.14. The van der Waals surface area contributed by atoms with E-state index in [1.165, 1.54) is 218 Å². The largest absolute Gasteiger partial charge is 0.756 e. The minimum Gasteiger partial charge on any atom is -0.756 e. The number of carbonyl (C=O) groups is 2. The van der Waals surface area contributed by atoms with E-state index in [4.69, 9.17) is 18.5 Å². The molecule has 0 fully saturated rings. The number of rotatable bonds is 66. The van der Waals surface area contributed by atoms with Crippen LogP contribution in [0.2, 0.25) is 0 Å². The lowest BCUT2D eigenvalue weighted by molar-refractivity contribution is -0.870. The summed E-state index contributed by atoms with van der Waals surface area (Å²) in [6, 6.07) is 0. The maximum absolute atomic E-state index is 12.8. The smallest absolute Gasteiger partial charge is 0.306 e. The Balaban J connectivity index is 3.98. The van der Waals surface area contributed by atoms with Crippen LogP contribution < -0.4 is 4.89 Å². The molecule has 0 aromatic heterocycles. The lowest BCUT2D eigenvalue weighted by Crippen LogP contribution is -2.37. The first kappa shape index (κ1) is 81.5. The van der Waals surface area contributed by atoms with Crippen LogP contribution in [0.1, 0.15) is 335 Å². The van der Waals surface area contributed by atoms with Crippen LogP contribution in [-0.4, -0.2) is 70.0 Å². The van der Waals surface area contributed by atoms with Gasteiger partial charge < -0.3 is 27.9 Å². The molecule has 0 saturated heterocycles. The van der Waals surface area contributed by atoms with Crippen molar-refractivity contribution < 1.29 is 42.1 Å². The van der Waals surface area contributed by atoms with Gasteiger partial charge in [-0.15, -0.1) is 0 Å². The molecule has 10 heteroatoms. The number of nitrogens with zero attached hydrogens (tertiary/aromatic N) is 1. The van der Waals surface area contributed by atoms with Crippen molar-refractivity contribution in [2.75, 3.05) is 47.5 Å². The zero-order valence-corrected chi connectivity index (χ0v) is 56.7. The van der Waals surface area contributed by atoms with Gasteiger partial charge in [0.15, 0.2) is 6.10 Å². The summed E-state index contributed by atoms with van der Waals surface area (Å²) in [5.41, 5.74) is 0. The Labute approximate surface area is 520 Å². The van der Waals surface area contributed by atoms with E-state index in [1.54, 1.807) is 0 Å². The molecule has 0 aliphatic carbocycles. The summed E-state index contributed by atoms with van der Waals surface area (Å²) in [6.07, 6.45) is 87.3. The topological polar surface area (TPSA) is 111 Å². The van der Waals surface area contributed by atoms with Gasteiger partial charge in [0, 0.05) is 12.8 Å². The SMILES string of the molecule is CC/C=C\C/C=C\C/C=C\C/C=C\C/C=C\C/C=C\CCCCCCC(=O)OC(COC(=O)CCCCCCCCCCCCCCCCCCCCCCCCCCCCCCCCCCCCCCC)COP(=O)([O-])OCC[N+](C)(C)C. The third-order valence-corrected chi connectivity index (χ3v) is 16.7. The van der Waals surface area contributed by atoms with Crippen molar-refractivity contribution in [1.29, 1.82) is 0 Å². The summed E-state index contributed by atoms with van der Waals surface area (Å²) < 4.78 is 34.3. The molecule has 0 aliphatic rings. The second-order valence-corrected chi connectivity index (χ2v) is 26.6. The standard InChI is InChI=1S/C74H136NO8P/c1-6-8-10-12-14-16-18-20-22-24-26-28-30-31-32-33-34-35-36-37-38-39-40-41-42-43-45-46-48-50-52-54-56-58-60-62-64-66-73(76)80-70-72(71-82-84(78,79)81-69-68-75(3,4)5)83-74(77)67-65-63-61-59-57-55-53-51-49-47-44-29-27-25-23-21-19-17-15-13-11-9-7-2/h9,11,15,17,21,23,27,29,47,49,53,55,72H,6-8,10,12-14,16,18-20,22,24-26,28,30-46,48,50-52,54,56-71H2,1-5H3/b11-9-,17-15-,23-21-,29-27-,49-47-,55-53-. The molecule has 0 N–H and O–H groups in total. The lowest BCUT2D eigenvalue weighted by Gasteiger charge is -2.28. The second kappa shape index (κ2) is 64.9. The number of quaternary nitrogens is 1. The van der Waals surface area contributed by atoms with Gasteiger partial charge in [-0.05, 0) is 64.2 Å². The van der Waals surface area contributed by atoms with Crippen LogP contribution in [0.4, 0.5) is 0 Å². The van der Waals surface area contributed by atoms with Crippen molar-refractivity contribution in [2.45, 2.75) is 341 Å². The van der Waals surface area contributed by atoms with E-state index < -0.39 is 26.5 Å². The third kappa shape index (κ3) is 68.6. The fourth-order valence-corrected chi connectivity index (χ4v) is 11.0. The van der Waals surface area contributed by atoms with Crippen molar-refractivity contribution in [3.63, 3.8) is 0 Å². The second-order valence-electron chi connectivity index (χ2n) is 25.2. The first-order valence-electron chi connectivity index (χ1n) is 35.6. The number of ether oxygens (including phenoxy) is 2. The summed E-state index contributed by atoms with van der Waals surface area (Å²) in [4.78, 5) is 38.0. The van der Waals surface area contributed by atoms with Crippen molar-refractivity contribution in [3.05, 3.63) is 72.9 Å². The van der Waals surface area contributed by atoms with Gasteiger partial charge in [-0.25, -0.2) is 0 Å². The summed E-state index contributed by atoms with van der Waals surface area (Å²) in [5.74, 6) is -0.853. The fourth-order valence-electron chi connectivity index (χ4n) is 10.3. The molecule has 0 amide bonds. The van der Waals surface area contributed by atoms with Gasteiger partial charge in [0.2, 0.25) is 0 Å². The highest BCUT2D eigenvalue weighted by molar-refractivity contribution is 7.45. The number of unbranched alkanes of at least 4 members (excludes halogenated alkanes) is 40. The highest BCUT2D eigenvalue weighted by Crippen LogP contribution is 2.38. The predicted molar refractivity (Wildman–Crippen MR) is 360 cm³/mol. The number of likely N-dealkylation sites (N-methyl/N-ethyl adjacent to an activating group) is 1. The quantitative estimate of drug-likeness (QED) is 0.0195. The van der Waals surface area contributed by atoms with Crippen molar-refractivity contribution in [1.82, 2.24) is 0 Å². The highest BCUT2D eigenvalue weighted by Gasteiger charge is 2.22. The van der Waals surface area contributed by atoms with E-state index in [0.29, 0.717) is 17.4 Å². The molecule has 0 heterocycles. The summed E-state index contributed by atoms with van der Waals surface area (Å²) in [7, 11) is 1.15. The van der Waals surface area contributed by atoms with Crippen LogP contribution >= 0.6 is 7.82 Å². The molecule has 2 atom stereocenters. The number of hydrogen-bond donors (Lipinski definition) is 0. The Morgan fingerprint density at radius 1 is 0.381 bits per heavy atom. The molecule has 0 radical (unpaired) electrons. The zero-order valence-electron chi connectivity index (χ0n) is 55.8. The Bertz CT molecular complexity index is 1650. The number of hydrogen-bond acceptors (Lipinski definition) is 8. The Hall–Kier alpha value is -2.55. The van der Waals surface area contributed by atoms with Crippen LogP contribution in [-0.2, 0) is 32.7 Å². The van der Waals surface area contributed by atoms with Gasteiger partial charge in [0.25, 0.3) is 7.82 Å². The average Bonchev–Trinajstić information content (AvgIpc) is 3.61. The molecule has 0 aromatic carbocycles. The van der Waals surface area contributed by atoms with E-state index in [-0.39, 0.29) is 32.0 Å². The number of phosphoric acid groups is 1. The molecular formula is C74H136NO8P. The van der Waals surface area contributed by atoms with Crippen LogP contribution in [0.3, 0.4) is 0 Å². The molecule has 0 spiro atoms. The third-order valence-electron chi connectivity index (χ3n) is 15.7. The van der Waals surface area contributed by atoms with E-state index in [1.807, 2.05) is 21.1 Å². The monoisotopic (exact) mass is 1200 g/mol. The molecule has 0 rings (SSSR count). The lowest BCUT2D eigenvalue weighted by atomic mass is 10.0. The minimum atomic E-state index is -4.65. The van der Waals surface area contributed by atoms with Gasteiger partial charge in [-0.1, -0.05) is 331 Å². The fraction of sp³-hybridized carbons (Fsp3) is 0.811. The van der Waals surface area contributed by atoms with Crippen molar-refractivity contribution in [2.24, 2.45) is 0 Å². The summed E-state index contributed by atoms with van der Waals surface area (Å²) >= 11 is 0. The van der Waals surface area contributed by atoms with Gasteiger partial charge in [-0.3, -0.25) is 14.2 Å². The van der Waals surface area contributed by atoms with Gasteiger partial charge in [0.05, 0.1) is 27.7 Å². The van der Waals surface area contributed by atoms with Crippen molar-refractivity contribution in [3.8, 4) is 0 Å². The molecule has 2 unspecified atom stereocenters. The number of carbonyl (C=O) groups excluding carboxylic acids is 2. The van der Waals surface area contributed by atoms with Gasteiger partial charge in [0.1, 0.15) is 19.8 Å². The molecule has 490 valence electrons. The van der Waals surface area contributed by atoms with E-state index in [0.717, 1.165) is 83.5 Å².